The average Bonchev–Trinajstić information content (AvgIpc) is 2.90. The molecule has 3 nitrogen and oxygen atoms in total. The Kier molecular flexibility index (Phi) is 3.65. The predicted molar refractivity (Wildman–Crippen MR) is 79.0 cm³/mol. The summed E-state index contributed by atoms with van der Waals surface area (Å²) in [5.74, 6) is 0.794. The number of carbonyl (C=O) groups is 1. The molecule has 1 heterocycles. The van der Waals surface area contributed by atoms with Crippen molar-refractivity contribution < 1.29 is 14.3 Å². The van der Waals surface area contributed by atoms with Gasteiger partial charge in [-0.2, -0.15) is 0 Å². The van der Waals surface area contributed by atoms with Gasteiger partial charge in [-0.15, -0.1) is 0 Å². The summed E-state index contributed by atoms with van der Waals surface area (Å²) in [6, 6.07) is 17.6. The molecule has 1 aliphatic rings. The van der Waals surface area contributed by atoms with Gasteiger partial charge in [0.2, 0.25) is 0 Å². The van der Waals surface area contributed by atoms with E-state index in [4.69, 9.17) is 9.47 Å². The highest BCUT2D eigenvalue weighted by Gasteiger charge is 2.37. The SMILES string of the molecule is COc1ccc([C@H]2OC(=O)S[C@H]2c2ccccc2)cc1. The van der Waals surface area contributed by atoms with Gasteiger partial charge < -0.3 is 9.47 Å². The molecule has 0 unspecified atom stereocenters. The first-order valence-electron chi connectivity index (χ1n) is 6.34. The number of cyclic esters (lactones) is 1. The normalized spacial score (nSPS) is 21.6. The zero-order chi connectivity index (χ0) is 13.9. The summed E-state index contributed by atoms with van der Waals surface area (Å²) in [7, 11) is 1.63. The number of methoxy groups -OCH3 is 1. The van der Waals surface area contributed by atoms with E-state index in [2.05, 4.69) is 0 Å². The first-order valence-corrected chi connectivity index (χ1v) is 7.22. The third-order valence-electron chi connectivity index (χ3n) is 3.29. The molecule has 1 fully saturated rings. The maximum absolute atomic E-state index is 11.6. The van der Waals surface area contributed by atoms with Gasteiger partial charge in [-0.05, 0) is 35.0 Å². The zero-order valence-electron chi connectivity index (χ0n) is 11.0. The quantitative estimate of drug-likeness (QED) is 0.785. The van der Waals surface area contributed by atoms with Crippen LogP contribution in [-0.2, 0) is 4.74 Å². The Morgan fingerprint density at radius 3 is 2.35 bits per heavy atom. The number of ether oxygens (including phenoxy) is 2. The van der Waals surface area contributed by atoms with Gasteiger partial charge in [0.15, 0.2) is 0 Å². The van der Waals surface area contributed by atoms with Crippen molar-refractivity contribution in [2.75, 3.05) is 7.11 Å². The molecule has 1 aliphatic heterocycles. The number of rotatable bonds is 3. The van der Waals surface area contributed by atoms with Crippen LogP contribution in [-0.4, -0.2) is 12.4 Å². The standard InChI is InChI=1S/C16H14O3S/c1-18-13-9-7-11(8-10-13)14-15(20-16(17)19-14)12-5-3-2-4-6-12/h2-10,14-15H,1H3/t14-,15+/m1/s1. The fraction of sp³-hybridized carbons (Fsp3) is 0.188. The Labute approximate surface area is 121 Å². The molecule has 3 rings (SSSR count). The summed E-state index contributed by atoms with van der Waals surface area (Å²) in [5, 5.41) is -0.225. The van der Waals surface area contributed by atoms with Gasteiger partial charge in [-0.3, -0.25) is 0 Å². The maximum atomic E-state index is 11.6. The molecule has 0 N–H and O–H groups in total. The third-order valence-corrected chi connectivity index (χ3v) is 4.36. The summed E-state index contributed by atoms with van der Waals surface area (Å²) >= 11 is 1.24. The summed E-state index contributed by atoms with van der Waals surface area (Å²) in [4.78, 5) is 11.6. The Morgan fingerprint density at radius 1 is 1.00 bits per heavy atom. The lowest BCUT2D eigenvalue weighted by molar-refractivity contribution is 0.133. The van der Waals surface area contributed by atoms with Gasteiger partial charge in [0.05, 0.1) is 12.4 Å². The highest BCUT2D eigenvalue weighted by atomic mass is 32.2. The first kappa shape index (κ1) is 13.1. The molecule has 0 aromatic heterocycles. The molecule has 20 heavy (non-hydrogen) atoms. The van der Waals surface area contributed by atoms with Crippen molar-refractivity contribution in [1.29, 1.82) is 0 Å². The predicted octanol–water partition coefficient (Wildman–Crippen LogP) is 4.36. The van der Waals surface area contributed by atoms with Crippen molar-refractivity contribution in [3.63, 3.8) is 0 Å². The first-order chi connectivity index (χ1) is 9.78. The van der Waals surface area contributed by atoms with Crippen molar-refractivity contribution in [3.05, 3.63) is 65.7 Å². The molecule has 0 aliphatic carbocycles. The van der Waals surface area contributed by atoms with Crippen LogP contribution in [0.15, 0.2) is 54.6 Å². The second-order valence-corrected chi connectivity index (χ2v) is 5.59. The van der Waals surface area contributed by atoms with Gasteiger partial charge >= 0.3 is 5.30 Å². The number of thioether (sulfide) groups is 1. The van der Waals surface area contributed by atoms with Gasteiger partial charge in [0, 0.05) is 0 Å². The smallest absolute Gasteiger partial charge is 0.368 e. The minimum atomic E-state index is -0.249. The summed E-state index contributed by atoms with van der Waals surface area (Å²) < 4.78 is 10.6. The van der Waals surface area contributed by atoms with Crippen LogP contribution in [0.3, 0.4) is 0 Å². The lowest BCUT2D eigenvalue weighted by Crippen LogP contribution is -2.05. The molecule has 2 aromatic carbocycles. The van der Waals surface area contributed by atoms with Crippen LogP contribution in [0.2, 0.25) is 0 Å². The molecule has 1 saturated heterocycles. The van der Waals surface area contributed by atoms with Crippen LogP contribution < -0.4 is 4.74 Å². The lowest BCUT2D eigenvalue weighted by atomic mass is 10.0. The van der Waals surface area contributed by atoms with E-state index in [0.717, 1.165) is 16.9 Å². The minimum Gasteiger partial charge on any atom is -0.497 e. The van der Waals surface area contributed by atoms with Gasteiger partial charge in [-0.1, -0.05) is 42.5 Å². The Balaban J connectivity index is 1.91. The van der Waals surface area contributed by atoms with E-state index >= 15 is 0 Å². The molecule has 4 heteroatoms. The third kappa shape index (κ3) is 2.51. The molecular weight excluding hydrogens is 272 g/mol. The largest absolute Gasteiger partial charge is 0.497 e. The van der Waals surface area contributed by atoms with E-state index in [0.29, 0.717) is 0 Å². The van der Waals surface area contributed by atoms with Crippen molar-refractivity contribution in [2.24, 2.45) is 0 Å². The lowest BCUT2D eigenvalue weighted by Gasteiger charge is -2.17. The van der Waals surface area contributed by atoms with Gasteiger partial charge in [0.1, 0.15) is 11.9 Å². The monoisotopic (exact) mass is 286 g/mol. The van der Waals surface area contributed by atoms with E-state index in [1.807, 2.05) is 54.6 Å². The van der Waals surface area contributed by atoms with Crippen LogP contribution in [0.4, 0.5) is 4.79 Å². The van der Waals surface area contributed by atoms with E-state index in [1.54, 1.807) is 7.11 Å². The van der Waals surface area contributed by atoms with Crippen LogP contribution in [0.5, 0.6) is 5.75 Å². The fourth-order valence-corrected chi connectivity index (χ4v) is 3.28. The van der Waals surface area contributed by atoms with E-state index in [1.165, 1.54) is 11.8 Å². The topological polar surface area (TPSA) is 35.5 Å². The zero-order valence-corrected chi connectivity index (χ0v) is 11.8. The molecule has 2 aromatic rings. The van der Waals surface area contributed by atoms with Crippen LogP contribution in [0, 0.1) is 0 Å². The van der Waals surface area contributed by atoms with Crippen molar-refractivity contribution >= 4 is 17.1 Å². The number of hydrogen-bond acceptors (Lipinski definition) is 4. The average molecular weight is 286 g/mol. The van der Waals surface area contributed by atoms with Crippen LogP contribution in [0.25, 0.3) is 0 Å². The van der Waals surface area contributed by atoms with Gasteiger partial charge in [0.25, 0.3) is 0 Å². The molecule has 0 bridgehead atoms. The Bertz CT molecular complexity index is 595. The second-order valence-electron chi connectivity index (χ2n) is 4.51. The van der Waals surface area contributed by atoms with Crippen molar-refractivity contribution in [1.82, 2.24) is 0 Å². The number of hydrogen-bond donors (Lipinski definition) is 0. The molecular formula is C16H14O3S. The second kappa shape index (κ2) is 5.59. The summed E-state index contributed by atoms with van der Waals surface area (Å²) in [6.07, 6.45) is -0.249. The van der Waals surface area contributed by atoms with E-state index in [-0.39, 0.29) is 16.7 Å². The molecule has 0 saturated carbocycles. The summed E-state index contributed by atoms with van der Waals surface area (Å²) in [5.41, 5.74) is 2.09. The van der Waals surface area contributed by atoms with Crippen molar-refractivity contribution in [3.8, 4) is 5.75 Å². The highest BCUT2D eigenvalue weighted by Crippen LogP contribution is 2.49. The van der Waals surface area contributed by atoms with Crippen LogP contribution in [0.1, 0.15) is 22.5 Å². The number of carbonyl (C=O) groups excluding carboxylic acids is 1. The highest BCUT2D eigenvalue weighted by molar-refractivity contribution is 8.13. The minimum absolute atomic E-state index is 0.00269. The summed E-state index contributed by atoms with van der Waals surface area (Å²) in [6.45, 7) is 0. The molecule has 102 valence electrons. The Hall–Kier alpha value is -1.94. The van der Waals surface area contributed by atoms with Gasteiger partial charge in [-0.25, -0.2) is 4.79 Å². The van der Waals surface area contributed by atoms with E-state index in [9.17, 15) is 4.79 Å². The maximum Gasteiger partial charge on any atom is 0.368 e. The molecule has 0 spiro atoms. The fourth-order valence-electron chi connectivity index (χ4n) is 2.28. The Morgan fingerprint density at radius 2 is 1.70 bits per heavy atom. The van der Waals surface area contributed by atoms with E-state index < -0.39 is 0 Å². The molecule has 2 atom stereocenters. The number of benzene rings is 2. The molecule has 0 radical (unpaired) electrons. The van der Waals surface area contributed by atoms with Crippen molar-refractivity contribution in [2.45, 2.75) is 11.4 Å². The van der Waals surface area contributed by atoms with Crippen LogP contribution >= 0.6 is 11.8 Å². The molecule has 0 amide bonds.